The summed E-state index contributed by atoms with van der Waals surface area (Å²) >= 11 is 0. The number of likely N-dealkylation sites (N-methyl/N-ethyl adjacent to an activating group) is 1. The van der Waals surface area contributed by atoms with Crippen LogP contribution in [0.3, 0.4) is 0 Å². The van der Waals surface area contributed by atoms with Crippen molar-refractivity contribution in [3.05, 3.63) is 0 Å². The molecule has 0 aliphatic carbocycles. The molecular formula is C12H19N3O4. The van der Waals surface area contributed by atoms with Gasteiger partial charge in [-0.05, 0) is 19.3 Å². The number of nitrogens with zero attached hydrogens (tertiary/aromatic N) is 1. The predicted molar refractivity (Wildman–Crippen MR) is 66.3 cm³/mol. The summed E-state index contributed by atoms with van der Waals surface area (Å²) in [6.45, 7) is 1.35. The molecule has 0 unspecified atom stereocenters. The van der Waals surface area contributed by atoms with Crippen molar-refractivity contribution in [2.75, 3.05) is 20.2 Å². The zero-order valence-corrected chi connectivity index (χ0v) is 11.0. The highest BCUT2D eigenvalue weighted by atomic mass is 16.5. The van der Waals surface area contributed by atoms with Gasteiger partial charge in [-0.1, -0.05) is 0 Å². The highest BCUT2D eigenvalue weighted by Crippen LogP contribution is 2.13. The Bertz CT molecular complexity index is 379. The second-order valence-corrected chi connectivity index (χ2v) is 4.96. The summed E-state index contributed by atoms with van der Waals surface area (Å²) in [6, 6.07) is -1.08. The Labute approximate surface area is 111 Å². The Hall–Kier alpha value is -1.63. The Morgan fingerprint density at radius 1 is 1.47 bits per heavy atom. The average molecular weight is 269 g/mol. The number of carbonyl (C=O) groups excluding carboxylic acids is 3. The molecule has 2 saturated heterocycles. The van der Waals surface area contributed by atoms with E-state index in [1.807, 2.05) is 0 Å². The third-order valence-electron chi connectivity index (χ3n) is 3.43. The van der Waals surface area contributed by atoms with Gasteiger partial charge in [0.05, 0.1) is 6.10 Å². The number of nitrogens with one attached hydrogen (secondary N) is 2. The van der Waals surface area contributed by atoms with E-state index >= 15 is 0 Å². The number of ether oxygens (including phenoxy) is 1. The molecule has 2 aliphatic rings. The maximum atomic E-state index is 11.9. The average Bonchev–Trinajstić information content (AvgIpc) is 2.96. The van der Waals surface area contributed by atoms with E-state index in [0.717, 1.165) is 19.4 Å². The summed E-state index contributed by atoms with van der Waals surface area (Å²) in [6.07, 6.45) is 2.72. The van der Waals surface area contributed by atoms with Crippen molar-refractivity contribution in [2.45, 2.75) is 37.8 Å². The number of amides is 4. The van der Waals surface area contributed by atoms with Gasteiger partial charge in [-0.25, -0.2) is 4.79 Å². The minimum Gasteiger partial charge on any atom is -0.376 e. The standard InChI is InChI=1S/C12H19N3O4/c1-15(7-8-3-2-6-19-8)10(16)5-4-9-11(17)14-12(18)13-9/h8-9H,2-7H2,1H3,(H2,13,14,17,18)/t8-,9-/m1/s1. The fraction of sp³-hybridized carbons (Fsp3) is 0.750. The van der Waals surface area contributed by atoms with Gasteiger partial charge in [-0.2, -0.15) is 0 Å². The lowest BCUT2D eigenvalue weighted by Crippen LogP contribution is -2.36. The van der Waals surface area contributed by atoms with Gasteiger partial charge in [0, 0.05) is 26.6 Å². The molecule has 106 valence electrons. The number of rotatable bonds is 5. The van der Waals surface area contributed by atoms with Crippen molar-refractivity contribution in [3.8, 4) is 0 Å². The van der Waals surface area contributed by atoms with Crippen molar-refractivity contribution in [3.63, 3.8) is 0 Å². The molecule has 2 rings (SSSR count). The van der Waals surface area contributed by atoms with Crippen molar-refractivity contribution >= 4 is 17.8 Å². The van der Waals surface area contributed by atoms with E-state index in [0.29, 0.717) is 13.0 Å². The zero-order chi connectivity index (χ0) is 13.8. The summed E-state index contributed by atoms with van der Waals surface area (Å²) in [4.78, 5) is 35.8. The van der Waals surface area contributed by atoms with E-state index in [2.05, 4.69) is 10.6 Å². The first kappa shape index (κ1) is 13.8. The van der Waals surface area contributed by atoms with Gasteiger partial charge in [0.1, 0.15) is 6.04 Å². The molecule has 0 aromatic heterocycles. The van der Waals surface area contributed by atoms with Crippen LogP contribution in [0.25, 0.3) is 0 Å². The van der Waals surface area contributed by atoms with Gasteiger partial charge in [-0.15, -0.1) is 0 Å². The molecule has 0 spiro atoms. The number of imide groups is 1. The Balaban J connectivity index is 1.71. The van der Waals surface area contributed by atoms with Crippen LogP contribution < -0.4 is 10.6 Å². The smallest absolute Gasteiger partial charge is 0.322 e. The largest absolute Gasteiger partial charge is 0.376 e. The SMILES string of the molecule is CN(C[C@H]1CCCO1)C(=O)CC[C@H]1NC(=O)NC1=O. The first-order valence-corrected chi connectivity index (χ1v) is 6.53. The number of hydrogen-bond acceptors (Lipinski definition) is 4. The Morgan fingerprint density at radius 3 is 2.84 bits per heavy atom. The molecular weight excluding hydrogens is 250 g/mol. The molecule has 2 atom stereocenters. The molecule has 7 nitrogen and oxygen atoms in total. The fourth-order valence-electron chi connectivity index (χ4n) is 2.32. The molecule has 19 heavy (non-hydrogen) atoms. The van der Waals surface area contributed by atoms with Crippen LogP contribution in [0.15, 0.2) is 0 Å². The molecule has 2 heterocycles. The highest BCUT2D eigenvalue weighted by Gasteiger charge is 2.30. The maximum absolute atomic E-state index is 11.9. The molecule has 2 fully saturated rings. The van der Waals surface area contributed by atoms with E-state index in [1.165, 1.54) is 0 Å². The van der Waals surface area contributed by atoms with Gasteiger partial charge in [0.15, 0.2) is 0 Å². The van der Waals surface area contributed by atoms with E-state index in [-0.39, 0.29) is 24.3 Å². The van der Waals surface area contributed by atoms with Crippen LogP contribution in [-0.4, -0.2) is 55.1 Å². The van der Waals surface area contributed by atoms with Crippen LogP contribution in [-0.2, 0) is 14.3 Å². The second kappa shape index (κ2) is 6.01. The van der Waals surface area contributed by atoms with Crippen LogP contribution in [0, 0.1) is 0 Å². The van der Waals surface area contributed by atoms with Gasteiger partial charge >= 0.3 is 6.03 Å². The van der Waals surface area contributed by atoms with Crippen LogP contribution in [0.2, 0.25) is 0 Å². The van der Waals surface area contributed by atoms with Crippen LogP contribution in [0.5, 0.6) is 0 Å². The number of hydrogen-bond donors (Lipinski definition) is 2. The summed E-state index contributed by atoms with van der Waals surface area (Å²) in [7, 11) is 1.73. The number of carbonyl (C=O) groups is 3. The molecule has 2 N–H and O–H groups in total. The summed E-state index contributed by atoms with van der Waals surface area (Å²) in [5.41, 5.74) is 0. The van der Waals surface area contributed by atoms with Crippen LogP contribution >= 0.6 is 0 Å². The molecule has 4 amide bonds. The van der Waals surface area contributed by atoms with Crippen molar-refractivity contribution in [2.24, 2.45) is 0 Å². The molecule has 0 radical (unpaired) electrons. The van der Waals surface area contributed by atoms with Crippen molar-refractivity contribution in [1.82, 2.24) is 15.5 Å². The zero-order valence-electron chi connectivity index (χ0n) is 11.0. The van der Waals surface area contributed by atoms with Gasteiger partial charge in [0.2, 0.25) is 5.91 Å². The van der Waals surface area contributed by atoms with E-state index in [9.17, 15) is 14.4 Å². The normalized spacial score (nSPS) is 26.2. The third-order valence-corrected chi connectivity index (χ3v) is 3.43. The van der Waals surface area contributed by atoms with Crippen LogP contribution in [0.4, 0.5) is 4.79 Å². The lowest BCUT2D eigenvalue weighted by atomic mass is 10.1. The Morgan fingerprint density at radius 2 is 2.26 bits per heavy atom. The molecule has 2 aliphatic heterocycles. The molecule has 0 bridgehead atoms. The van der Waals surface area contributed by atoms with E-state index in [4.69, 9.17) is 4.74 Å². The van der Waals surface area contributed by atoms with Gasteiger partial charge in [-0.3, -0.25) is 14.9 Å². The first-order valence-electron chi connectivity index (χ1n) is 6.53. The van der Waals surface area contributed by atoms with Gasteiger partial charge < -0.3 is 15.0 Å². The lowest BCUT2D eigenvalue weighted by Gasteiger charge is -2.21. The molecule has 0 saturated carbocycles. The van der Waals surface area contributed by atoms with Crippen LogP contribution in [0.1, 0.15) is 25.7 Å². The molecule has 0 aromatic rings. The van der Waals surface area contributed by atoms with E-state index in [1.54, 1.807) is 11.9 Å². The van der Waals surface area contributed by atoms with E-state index < -0.39 is 12.1 Å². The lowest BCUT2D eigenvalue weighted by molar-refractivity contribution is -0.131. The first-order chi connectivity index (χ1) is 9.06. The second-order valence-electron chi connectivity index (χ2n) is 4.96. The molecule has 0 aromatic carbocycles. The summed E-state index contributed by atoms with van der Waals surface area (Å²) in [5.74, 6) is -0.399. The summed E-state index contributed by atoms with van der Waals surface area (Å²) in [5, 5.41) is 4.62. The Kier molecular flexibility index (Phi) is 4.36. The maximum Gasteiger partial charge on any atom is 0.322 e. The topological polar surface area (TPSA) is 87.7 Å². The highest BCUT2D eigenvalue weighted by molar-refractivity contribution is 6.04. The number of urea groups is 1. The summed E-state index contributed by atoms with van der Waals surface area (Å²) < 4.78 is 5.47. The minimum absolute atomic E-state index is 0.0375. The van der Waals surface area contributed by atoms with Crippen molar-refractivity contribution < 1.29 is 19.1 Å². The quantitative estimate of drug-likeness (QED) is 0.665. The predicted octanol–water partition coefficient (Wildman–Crippen LogP) is -0.388. The van der Waals surface area contributed by atoms with Gasteiger partial charge in [0.25, 0.3) is 5.91 Å². The monoisotopic (exact) mass is 269 g/mol. The fourth-order valence-corrected chi connectivity index (χ4v) is 2.32. The third kappa shape index (κ3) is 3.66. The molecule has 7 heteroatoms. The van der Waals surface area contributed by atoms with Crippen molar-refractivity contribution in [1.29, 1.82) is 0 Å². The minimum atomic E-state index is -0.590.